The fourth-order valence-corrected chi connectivity index (χ4v) is 6.08. The summed E-state index contributed by atoms with van der Waals surface area (Å²) in [6.07, 6.45) is 7.02. The van der Waals surface area contributed by atoms with Crippen molar-refractivity contribution in [1.29, 1.82) is 0 Å². The van der Waals surface area contributed by atoms with Crippen LogP contribution in [0.15, 0.2) is 103 Å². The van der Waals surface area contributed by atoms with Gasteiger partial charge in [0.1, 0.15) is 11.4 Å². The van der Waals surface area contributed by atoms with E-state index < -0.39 is 5.66 Å². The first kappa shape index (κ1) is 24.3. The van der Waals surface area contributed by atoms with Gasteiger partial charge in [-0.2, -0.15) is 0 Å². The second-order valence-electron chi connectivity index (χ2n) is 10.6. The van der Waals surface area contributed by atoms with Crippen LogP contribution in [-0.2, 0) is 10.2 Å². The molecule has 3 aromatic carbocycles. The Morgan fingerprint density at radius 2 is 1.74 bits per heavy atom. The molecule has 0 unspecified atom stereocenters. The molecular formula is C32H34N4O2. The molecule has 38 heavy (non-hydrogen) atoms. The van der Waals surface area contributed by atoms with Crippen molar-refractivity contribution >= 4 is 17.3 Å². The van der Waals surface area contributed by atoms with Gasteiger partial charge < -0.3 is 15.0 Å². The Bertz CT molecular complexity index is 1400. The molecular weight excluding hydrogens is 472 g/mol. The van der Waals surface area contributed by atoms with Crippen molar-refractivity contribution < 1.29 is 9.53 Å². The molecule has 6 rings (SSSR count). The number of nitrogens with zero attached hydrogens (tertiary/aromatic N) is 2. The summed E-state index contributed by atoms with van der Waals surface area (Å²) in [7, 11) is 0. The van der Waals surface area contributed by atoms with E-state index in [2.05, 4.69) is 101 Å². The van der Waals surface area contributed by atoms with Crippen molar-refractivity contribution in [2.45, 2.75) is 44.3 Å². The Morgan fingerprint density at radius 1 is 1.00 bits per heavy atom. The number of carbonyl (C=O) groups is 1. The third kappa shape index (κ3) is 3.87. The number of carbonyl (C=O) groups excluding carboxylic acids is 1. The van der Waals surface area contributed by atoms with Gasteiger partial charge in [-0.05, 0) is 60.0 Å². The highest BCUT2D eigenvalue weighted by Crippen LogP contribution is 2.52. The van der Waals surface area contributed by atoms with Crippen LogP contribution in [0.5, 0.6) is 5.75 Å². The molecule has 0 spiro atoms. The van der Waals surface area contributed by atoms with E-state index in [0.29, 0.717) is 19.6 Å². The number of benzene rings is 3. The first-order valence-electron chi connectivity index (χ1n) is 13.4. The minimum Gasteiger partial charge on any atom is -0.494 e. The number of fused-ring (bicyclic) bond motifs is 3. The van der Waals surface area contributed by atoms with Crippen molar-refractivity contribution in [3.8, 4) is 5.75 Å². The van der Waals surface area contributed by atoms with E-state index in [-0.39, 0.29) is 17.4 Å². The molecule has 3 aliphatic heterocycles. The van der Waals surface area contributed by atoms with Crippen LogP contribution in [-0.4, -0.2) is 24.7 Å². The number of rotatable bonds is 6. The molecule has 1 amide bonds. The van der Waals surface area contributed by atoms with Gasteiger partial charge in [0, 0.05) is 30.3 Å². The van der Waals surface area contributed by atoms with Crippen molar-refractivity contribution in [1.82, 2.24) is 10.7 Å². The Morgan fingerprint density at radius 3 is 2.50 bits per heavy atom. The van der Waals surface area contributed by atoms with Crippen LogP contribution in [0.2, 0.25) is 0 Å². The standard InChI is InChI=1S/C32H34N4O2/c1-4-38-26-16-14-23(15-17-26)30-24(22-36(34-30)25-10-6-5-7-11-25)18-20-32-31(2,3)27-12-8-9-13-28(27)35(32)21-19-29(37)33-32/h5-18,20,22,30,34H,4,19,21H2,1-3H3,(H,33,37)/b20-18+/t30-,32-/m1/s1. The highest BCUT2D eigenvalue weighted by Gasteiger charge is 2.57. The van der Waals surface area contributed by atoms with Crippen LogP contribution < -0.4 is 25.4 Å². The second-order valence-corrected chi connectivity index (χ2v) is 10.6. The summed E-state index contributed by atoms with van der Waals surface area (Å²) in [5, 5.41) is 5.47. The van der Waals surface area contributed by atoms with Gasteiger partial charge >= 0.3 is 0 Å². The molecule has 2 atom stereocenters. The number of anilines is 2. The van der Waals surface area contributed by atoms with Gasteiger partial charge in [-0.15, -0.1) is 0 Å². The first-order chi connectivity index (χ1) is 18.4. The topological polar surface area (TPSA) is 56.8 Å². The maximum Gasteiger partial charge on any atom is 0.223 e. The number of hydrazine groups is 1. The van der Waals surface area contributed by atoms with Crippen LogP contribution in [0.4, 0.5) is 11.4 Å². The van der Waals surface area contributed by atoms with Crippen LogP contribution in [0.1, 0.15) is 44.4 Å². The van der Waals surface area contributed by atoms with Crippen LogP contribution in [0.25, 0.3) is 0 Å². The van der Waals surface area contributed by atoms with Crippen LogP contribution in [0, 0.1) is 0 Å². The second kappa shape index (κ2) is 9.37. The Kier molecular flexibility index (Phi) is 6.00. The monoisotopic (exact) mass is 506 g/mol. The molecule has 1 fully saturated rings. The molecule has 2 N–H and O–H groups in total. The molecule has 0 aromatic heterocycles. The summed E-state index contributed by atoms with van der Waals surface area (Å²) >= 11 is 0. The van der Waals surface area contributed by atoms with Crippen molar-refractivity contribution in [2.24, 2.45) is 0 Å². The smallest absolute Gasteiger partial charge is 0.223 e. The predicted molar refractivity (Wildman–Crippen MR) is 152 cm³/mol. The lowest BCUT2D eigenvalue weighted by molar-refractivity contribution is -0.124. The summed E-state index contributed by atoms with van der Waals surface area (Å²) in [5.41, 5.74) is 8.43. The number of para-hydroxylation sites is 2. The minimum atomic E-state index is -0.656. The normalized spacial score (nSPS) is 23.7. The van der Waals surface area contributed by atoms with E-state index in [1.165, 1.54) is 11.3 Å². The molecule has 0 bridgehead atoms. The highest BCUT2D eigenvalue weighted by molar-refractivity contribution is 5.84. The van der Waals surface area contributed by atoms with Crippen LogP contribution in [0.3, 0.4) is 0 Å². The van der Waals surface area contributed by atoms with E-state index in [1.54, 1.807) is 0 Å². The maximum absolute atomic E-state index is 12.8. The fourth-order valence-electron chi connectivity index (χ4n) is 6.08. The third-order valence-corrected chi connectivity index (χ3v) is 8.09. The first-order valence-corrected chi connectivity index (χ1v) is 13.4. The summed E-state index contributed by atoms with van der Waals surface area (Å²) < 4.78 is 5.67. The number of hydrogen-bond acceptors (Lipinski definition) is 5. The fraction of sp³-hybridized carbons (Fsp3) is 0.281. The maximum atomic E-state index is 12.8. The predicted octanol–water partition coefficient (Wildman–Crippen LogP) is 5.61. The Hall–Kier alpha value is -4.03. The summed E-state index contributed by atoms with van der Waals surface area (Å²) in [6, 6.07) is 27.0. The molecule has 3 heterocycles. The molecule has 1 saturated heterocycles. The molecule has 3 aliphatic rings. The van der Waals surface area contributed by atoms with Gasteiger partial charge in [-0.3, -0.25) is 9.80 Å². The Balaban J connectivity index is 1.41. The molecule has 0 saturated carbocycles. The largest absolute Gasteiger partial charge is 0.494 e. The molecule has 194 valence electrons. The van der Waals surface area contributed by atoms with E-state index in [1.807, 2.05) is 37.3 Å². The van der Waals surface area contributed by atoms with Gasteiger partial charge in [0.05, 0.1) is 18.3 Å². The number of amides is 1. The lowest BCUT2D eigenvalue weighted by atomic mass is 9.74. The van der Waals surface area contributed by atoms with Crippen molar-refractivity contribution in [3.63, 3.8) is 0 Å². The lowest BCUT2D eigenvalue weighted by Crippen LogP contribution is -2.68. The van der Waals surface area contributed by atoms with Crippen molar-refractivity contribution in [2.75, 3.05) is 23.1 Å². The minimum absolute atomic E-state index is 0.0573. The molecule has 6 nitrogen and oxygen atoms in total. The van der Waals surface area contributed by atoms with Gasteiger partial charge in [-0.1, -0.05) is 68.5 Å². The van der Waals surface area contributed by atoms with Crippen molar-refractivity contribution in [3.05, 3.63) is 114 Å². The third-order valence-electron chi connectivity index (χ3n) is 8.09. The summed E-state index contributed by atoms with van der Waals surface area (Å²) in [5.74, 6) is 0.944. The lowest BCUT2D eigenvalue weighted by Gasteiger charge is -2.49. The molecule has 0 aliphatic carbocycles. The van der Waals surface area contributed by atoms with E-state index in [4.69, 9.17) is 4.74 Å². The highest BCUT2D eigenvalue weighted by atomic mass is 16.5. The zero-order chi connectivity index (χ0) is 26.3. The van der Waals surface area contributed by atoms with E-state index in [9.17, 15) is 4.79 Å². The molecule has 0 radical (unpaired) electrons. The summed E-state index contributed by atoms with van der Waals surface area (Å²) in [6.45, 7) is 7.77. The quantitative estimate of drug-likeness (QED) is 0.456. The number of ether oxygens (including phenoxy) is 1. The van der Waals surface area contributed by atoms with E-state index in [0.717, 1.165) is 22.6 Å². The summed E-state index contributed by atoms with van der Waals surface area (Å²) in [4.78, 5) is 15.2. The zero-order valence-electron chi connectivity index (χ0n) is 22.1. The van der Waals surface area contributed by atoms with Gasteiger partial charge in [0.2, 0.25) is 5.91 Å². The SMILES string of the molecule is CCOc1ccc([C@H]2NN(c3ccccc3)C=C2/C=C/[C@@]23NC(=O)CCN2c2ccccc2C3(C)C)cc1. The van der Waals surface area contributed by atoms with Gasteiger partial charge in [0.15, 0.2) is 0 Å². The van der Waals surface area contributed by atoms with Gasteiger partial charge in [-0.25, -0.2) is 5.43 Å². The number of nitrogens with one attached hydrogen (secondary N) is 2. The van der Waals surface area contributed by atoms with Gasteiger partial charge in [0.25, 0.3) is 0 Å². The molecule has 3 aromatic rings. The average molecular weight is 507 g/mol. The van der Waals surface area contributed by atoms with Crippen LogP contribution >= 0.6 is 0 Å². The molecule has 6 heteroatoms. The Labute approximate surface area is 224 Å². The average Bonchev–Trinajstić information content (AvgIpc) is 3.44. The number of hydrogen-bond donors (Lipinski definition) is 2. The zero-order valence-corrected chi connectivity index (χ0v) is 22.1. The van der Waals surface area contributed by atoms with E-state index >= 15 is 0 Å².